The van der Waals surface area contributed by atoms with Gasteiger partial charge in [-0.2, -0.15) is 0 Å². The number of carbonyl (C=O) groups excluding carboxylic acids is 1. The molecule has 0 radical (unpaired) electrons. The molecule has 1 aliphatic heterocycles. The van der Waals surface area contributed by atoms with Crippen LogP contribution in [-0.4, -0.2) is 30.5 Å². The minimum atomic E-state index is -0.582. The van der Waals surface area contributed by atoms with E-state index in [4.69, 9.17) is 20.3 Å². The second-order valence-electron chi connectivity index (χ2n) is 4.91. The summed E-state index contributed by atoms with van der Waals surface area (Å²) in [7, 11) is 0. The van der Waals surface area contributed by atoms with Gasteiger partial charge in [-0.1, -0.05) is 6.07 Å². The number of allylic oxidation sites excluding steroid dienone is 1. The van der Waals surface area contributed by atoms with Gasteiger partial charge in [0.15, 0.2) is 5.76 Å². The van der Waals surface area contributed by atoms with E-state index in [0.29, 0.717) is 13.0 Å². The summed E-state index contributed by atoms with van der Waals surface area (Å²) in [6.45, 7) is 2.50. The lowest BCUT2D eigenvalue weighted by Crippen LogP contribution is -2.37. The normalized spacial score (nSPS) is 25.2. The summed E-state index contributed by atoms with van der Waals surface area (Å²) in [5, 5.41) is 11.1. The molecule has 5 nitrogen and oxygen atoms in total. The average Bonchev–Trinajstić information content (AvgIpc) is 2.99. The highest BCUT2D eigenvalue weighted by Gasteiger charge is 2.37. The molecule has 116 valence electrons. The largest absolute Gasteiger partial charge is 0.459 e. The maximum atomic E-state index is 11.5. The zero-order valence-electron chi connectivity index (χ0n) is 12.0. The van der Waals surface area contributed by atoms with E-state index in [-0.39, 0.29) is 24.2 Å². The van der Waals surface area contributed by atoms with Gasteiger partial charge in [0.05, 0.1) is 0 Å². The monoisotopic (exact) mass is 311 g/mol. The molecule has 0 fully saturated rings. The average molecular weight is 311 g/mol. The Labute approximate surface area is 128 Å². The van der Waals surface area contributed by atoms with Crippen molar-refractivity contribution in [1.29, 1.82) is 0 Å². The molecule has 0 aromatic carbocycles. The van der Waals surface area contributed by atoms with Crippen molar-refractivity contribution in [2.45, 2.75) is 32.0 Å². The minimum absolute atomic E-state index is 0.0179. The molecule has 0 saturated heterocycles. The van der Waals surface area contributed by atoms with Gasteiger partial charge in [0.2, 0.25) is 6.29 Å². The highest BCUT2D eigenvalue weighted by Crippen LogP contribution is 2.40. The number of hydrogen-bond acceptors (Lipinski definition) is 5. The Morgan fingerprint density at radius 1 is 1.57 bits per heavy atom. The van der Waals surface area contributed by atoms with E-state index in [0.717, 1.165) is 11.3 Å². The summed E-state index contributed by atoms with van der Waals surface area (Å²) in [6.07, 6.45) is 2.69. The van der Waals surface area contributed by atoms with Crippen LogP contribution in [0.1, 0.15) is 30.6 Å². The zero-order chi connectivity index (χ0) is 15.2. The van der Waals surface area contributed by atoms with Crippen LogP contribution >= 0.6 is 11.3 Å². The molecule has 1 aliphatic rings. The lowest BCUT2D eigenvalue weighted by molar-refractivity contribution is -0.165. The third-order valence-electron chi connectivity index (χ3n) is 3.53. The number of hydrogen-bond donors (Lipinski definition) is 2. The molecule has 1 amide bonds. The summed E-state index contributed by atoms with van der Waals surface area (Å²) < 4.78 is 11.3. The number of amides is 1. The molecule has 3 atom stereocenters. The molecule has 0 saturated carbocycles. The lowest BCUT2D eigenvalue weighted by atomic mass is 9.84. The van der Waals surface area contributed by atoms with Gasteiger partial charge in [-0.3, -0.25) is 4.79 Å². The number of nitrogens with two attached hydrogens (primary N) is 1. The molecular weight excluding hydrogens is 290 g/mol. The fraction of sp³-hybridized carbons (Fsp3) is 0.533. The SMILES string of the molecule is CCO[C@H]1OC(C(N)=O)=C[C@@H](c2cccs2)[C@H]1CCCO. The van der Waals surface area contributed by atoms with Crippen LogP contribution in [0, 0.1) is 5.92 Å². The molecule has 3 N–H and O–H groups in total. The van der Waals surface area contributed by atoms with Crippen LogP contribution in [0.3, 0.4) is 0 Å². The number of aliphatic hydroxyl groups is 1. The quantitative estimate of drug-likeness (QED) is 0.807. The molecule has 1 aromatic rings. The predicted molar refractivity (Wildman–Crippen MR) is 80.6 cm³/mol. The molecule has 0 bridgehead atoms. The van der Waals surface area contributed by atoms with Gasteiger partial charge in [0.1, 0.15) is 0 Å². The van der Waals surface area contributed by atoms with Crippen LogP contribution in [0.15, 0.2) is 29.3 Å². The summed E-state index contributed by atoms with van der Waals surface area (Å²) in [5.41, 5.74) is 5.36. The number of aliphatic hydroxyl groups excluding tert-OH is 1. The number of carbonyl (C=O) groups is 1. The Kier molecular flexibility index (Phi) is 5.78. The van der Waals surface area contributed by atoms with Gasteiger partial charge in [-0.05, 0) is 37.3 Å². The fourth-order valence-electron chi connectivity index (χ4n) is 2.59. The number of primary amides is 1. The molecule has 0 unspecified atom stereocenters. The molecule has 6 heteroatoms. The second kappa shape index (κ2) is 7.59. The molecule has 2 heterocycles. The van der Waals surface area contributed by atoms with Crippen molar-refractivity contribution in [3.8, 4) is 0 Å². The predicted octanol–water partition coefficient (Wildman–Crippen LogP) is 1.98. The Hall–Kier alpha value is -1.37. The standard InChI is InChI=1S/C15H21NO4S/c1-2-19-15-10(5-3-7-17)11(13-6-4-8-21-13)9-12(20-15)14(16)18/h4,6,8-11,15,17H,2-3,5,7H2,1H3,(H2,16,18)/t10-,11-,15+/m1/s1. The van der Waals surface area contributed by atoms with Crippen molar-refractivity contribution >= 4 is 17.2 Å². The van der Waals surface area contributed by atoms with E-state index in [1.807, 2.05) is 24.4 Å². The Balaban J connectivity index is 2.32. The smallest absolute Gasteiger partial charge is 0.283 e. The van der Waals surface area contributed by atoms with Gasteiger partial charge >= 0.3 is 0 Å². The van der Waals surface area contributed by atoms with E-state index in [9.17, 15) is 4.79 Å². The van der Waals surface area contributed by atoms with E-state index in [1.54, 1.807) is 17.4 Å². The second-order valence-corrected chi connectivity index (χ2v) is 5.89. The summed E-state index contributed by atoms with van der Waals surface area (Å²) >= 11 is 1.63. The number of ether oxygens (including phenoxy) is 2. The molecule has 0 aliphatic carbocycles. The van der Waals surface area contributed by atoms with Crippen LogP contribution in [0.2, 0.25) is 0 Å². The lowest BCUT2D eigenvalue weighted by Gasteiger charge is -2.36. The van der Waals surface area contributed by atoms with E-state index in [2.05, 4.69) is 0 Å². The van der Waals surface area contributed by atoms with Crippen molar-refractivity contribution < 1.29 is 19.4 Å². The fourth-order valence-corrected chi connectivity index (χ4v) is 3.46. The third kappa shape index (κ3) is 3.84. The summed E-state index contributed by atoms with van der Waals surface area (Å²) in [4.78, 5) is 12.6. The number of thiophene rings is 1. The topological polar surface area (TPSA) is 81.8 Å². The van der Waals surface area contributed by atoms with Crippen molar-refractivity contribution in [2.24, 2.45) is 11.7 Å². The minimum Gasteiger partial charge on any atom is -0.459 e. The van der Waals surface area contributed by atoms with Crippen molar-refractivity contribution in [3.63, 3.8) is 0 Å². The zero-order valence-corrected chi connectivity index (χ0v) is 12.8. The summed E-state index contributed by atoms with van der Waals surface area (Å²) in [5.74, 6) is -0.350. The van der Waals surface area contributed by atoms with Crippen molar-refractivity contribution in [1.82, 2.24) is 0 Å². The Morgan fingerprint density at radius 2 is 2.38 bits per heavy atom. The van der Waals surface area contributed by atoms with Crippen LogP contribution in [0.5, 0.6) is 0 Å². The van der Waals surface area contributed by atoms with Gasteiger partial charge < -0.3 is 20.3 Å². The molecule has 0 spiro atoms. The van der Waals surface area contributed by atoms with Gasteiger partial charge in [0.25, 0.3) is 5.91 Å². The highest BCUT2D eigenvalue weighted by atomic mass is 32.1. The van der Waals surface area contributed by atoms with Crippen molar-refractivity contribution in [2.75, 3.05) is 13.2 Å². The first-order chi connectivity index (χ1) is 10.2. The highest BCUT2D eigenvalue weighted by molar-refractivity contribution is 7.10. The Bertz CT molecular complexity index is 486. The van der Waals surface area contributed by atoms with E-state index in [1.165, 1.54) is 0 Å². The van der Waals surface area contributed by atoms with Gasteiger partial charge in [0, 0.05) is 29.9 Å². The maximum absolute atomic E-state index is 11.5. The van der Waals surface area contributed by atoms with Crippen LogP contribution in [-0.2, 0) is 14.3 Å². The first-order valence-electron chi connectivity index (χ1n) is 7.11. The molecule has 1 aromatic heterocycles. The van der Waals surface area contributed by atoms with E-state index < -0.39 is 12.2 Å². The van der Waals surface area contributed by atoms with Crippen LogP contribution in [0.25, 0.3) is 0 Å². The Morgan fingerprint density at radius 3 is 2.95 bits per heavy atom. The van der Waals surface area contributed by atoms with Gasteiger partial charge in [-0.15, -0.1) is 11.3 Å². The van der Waals surface area contributed by atoms with Crippen LogP contribution < -0.4 is 5.73 Å². The van der Waals surface area contributed by atoms with Crippen LogP contribution in [0.4, 0.5) is 0 Å². The summed E-state index contributed by atoms with van der Waals surface area (Å²) in [6, 6.07) is 4.01. The van der Waals surface area contributed by atoms with Crippen molar-refractivity contribution in [3.05, 3.63) is 34.2 Å². The third-order valence-corrected chi connectivity index (χ3v) is 4.50. The van der Waals surface area contributed by atoms with E-state index >= 15 is 0 Å². The molecule has 21 heavy (non-hydrogen) atoms. The molecule has 2 rings (SSSR count). The van der Waals surface area contributed by atoms with Gasteiger partial charge in [-0.25, -0.2) is 0 Å². The number of rotatable bonds is 7. The first kappa shape index (κ1) is 16.0. The maximum Gasteiger partial charge on any atom is 0.283 e. The molecular formula is C15H21NO4S. The first-order valence-corrected chi connectivity index (χ1v) is 7.99.